The number of aromatic amines is 1. The van der Waals surface area contributed by atoms with E-state index in [4.69, 9.17) is 0 Å². The smallest absolute Gasteiger partial charge is 0.252 e. The van der Waals surface area contributed by atoms with Gasteiger partial charge < -0.3 is 10.1 Å². The number of aliphatic hydroxyl groups is 1. The summed E-state index contributed by atoms with van der Waals surface area (Å²) in [4.78, 5) is 17.6. The van der Waals surface area contributed by atoms with Crippen LogP contribution in [0.25, 0.3) is 10.9 Å². The maximum absolute atomic E-state index is 12.3. The lowest BCUT2D eigenvalue weighted by atomic mass is 9.83. The van der Waals surface area contributed by atoms with Crippen molar-refractivity contribution in [2.75, 3.05) is 13.1 Å². The van der Waals surface area contributed by atoms with Crippen LogP contribution in [-0.2, 0) is 6.54 Å². The number of rotatable bonds is 3. The first-order chi connectivity index (χ1) is 10.8. The number of hydrogen-bond donors (Lipinski definition) is 2. The van der Waals surface area contributed by atoms with Crippen molar-refractivity contribution in [2.45, 2.75) is 45.8 Å². The Morgan fingerprint density at radius 2 is 1.96 bits per heavy atom. The molecule has 0 bridgehead atoms. The van der Waals surface area contributed by atoms with Crippen molar-refractivity contribution in [3.8, 4) is 0 Å². The number of nitrogens with zero attached hydrogens (tertiary/aromatic N) is 1. The highest BCUT2D eigenvalue weighted by Gasteiger charge is 2.30. The zero-order valence-electron chi connectivity index (χ0n) is 14.2. The van der Waals surface area contributed by atoms with Crippen LogP contribution in [0.5, 0.6) is 0 Å². The van der Waals surface area contributed by atoms with Crippen molar-refractivity contribution < 1.29 is 5.11 Å². The highest BCUT2D eigenvalue weighted by atomic mass is 16.3. The average Bonchev–Trinajstić information content (AvgIpc) is 2.48. The van der Waals surface area contributed by atoms with Gasteiger partial charge in [0.05, 0.1) is 5.60 Å². The Labute approximate surface area is 137 Å². The Morgan fingerprint density at radius 3 is 2.61 bits per heavy atom. The topological polar surface area (TPSA) is 56.3 Å². The van der Waals surface area contributed by atoms with Gasteiger partial charge in [0.25, 0.3) is 5.56 Å². The molecule has 0 unspecified atom stereocenters. The first-order valence-corrected chi connectivity index (χ1v) is 8.40. The highest BCUT2D eigenvalue weighted by molar-refractivity contribution is 5.79. The molecule has 124 valence electrons. The summed E-state index contributed by atoms with van der Waals surface area (Å²) in [5.74, 6) is 0.344. The van der Waals surface area contributed by atoms with Gasteiger partial charge in [-0.25, -0.2) is 0 Å². The predicted molar refractivity (Wildman–Crippen MR) is 93.6 cm³/mol. The average molecular weight is 314 g/mol. The monoisotopic (exact) mass is 314 g/mol. The number of piperidine rings is 1. The van der Waals surface area contributed by atoms with Crippen molar-refractivity contribution in [3.05, 3.63) is 45.7 Å². The standard InChI is InChI=1S/C19H26N2O2/c1-13-4-5-14-11-15(18(22)20-17(14)10-13)12-21-8-6-16(7-9-21)19(2,3)23/h4-5,10-11,16,23H,6-9,12H2,1-3H3,(H,20,22). The fraction of sp³-hybridized carbons (Fsp3) is 0.526. The van der Waals surface area contributed by atoms with Crippen LogP contribution in [0.15, 0.2) is 29.1 Å². The van der Waals surface area contributed by atoms with Crippen molar-refractivity contribution in [1.29, 1.82) is 0 Å². The molecule has 2 heterocycles. The quantitative estimate of drug-likeness (QED) is 0.916. The van der Waals surface area contributed by atoms with Crippen LogP contribution in [0.2, 0.25) is 0 Å². The van der Waals surface area contributed by atoms with E-state index >= 15 is 0 Å². The highest BCUT2D eigenvalue weighted by Crippen LogP contribution is 2.28. The summed E-state index contributed by atoms with van der Waals surface area (Å²) in [5, 5.41) is 11.2. The van der Waals surface area contributed by atoms with E-state index in [1.807, 2.05) is 32.9 Å². The van der Waals surface area contributed by atoms with Gasteiger partial charge in [-0.15, -0.1) is 0 Å². The number of likely N-dealkylation sites (tertiary alicyclic amines) is 1. The van der Waals surface area contributed by atoms with Crippen LogP contribution < -0.4 is 5.56 Å². The number of hydrogen-bond acceptors (Lipinski definition) is 3. The third kappa shape index (κ3) is 3.65. The van der Waals surface area contributed by atoms with Gasteiger partial charge in [-0.3, -0.25) is 9.69 Å². The fourth-order valence-corrected chi connectivity index (χ4v) is 3.52. The predicted octanol–water partition coefficient (Wildman–Crippen LogP) is 2.82. The van der Waals surface area contributed by atoms with Crippen molar-refractivity contribution >= 4 is 10.9 Å². The van der Waals surface area contributed by atoms with Crippen molar-refractivity contribution in [1.82, 2.24) is 9.88 Å². The van der Waals surface area contributed by atoms with Crippen LogP contribution >= 0.6 is 0 Å². The number of aryl methyl sites for hydroxylation is 1. The van der Waals surface area contributed by atoms with Crippen LogP contribution in [0.1, 0.15) is 37.8 Å². The summed E-state index contributed by atoms with van der Waals surface area (Å²) >= 11 is 0. The molecule has 4 nitrogen and oxygen atoms in total. The van der Waals surface area contributed by atoms with Gasteiger partial charge in [0.15, 0.2) is 0 Å². The third-order valence-corrected chi connectivity index (χ3v) is 5.06. The van der Waals surface area contributed by atoms with E-state index in [9.17, 15) is 9.90 Å². The summed E-state index contributed by atoms with van der Waals surface area (Å²) in [6.07, 6.45) is 1.96. The maximum Gasteiger partial charge on any atom is 0.252 e. The van der Waals surface area contributed by atoms with Crippen molar-refractivity contribution in [3.63, 3.8) is 0 Å². The Kier molecular flexibility index (Phi) is 4.30. The minimum Gasteiger partial charge on any atom is -0.390 e. The van der Waals surface area contributed by atoms with Crippen LogP contribution in [-0.4, -0.2) is 33.7 Å². The summed E-state index contributed by atoms with van der Waals surface area (Å²) in [6, 6.07) is 8.15. The molecular weight excluding hydrogens is 288 g/mol. The number of pyridine rings is 1. The Morgan fingerprint density at radius 1 is 1.26 bits per heavy atom. The molecule has 23 heavy (non-hydrogen) atoms. The Bertz CT molecular complexity index is 750. The molecule has 3 rings (SSSR count). The maximum atomic E-state index is 12.3. The molecule has 0 amide bonds. The molecule has 1 fully saturated rings. The zero-order valence-corrected chi connectivity index (χ0v) is 14.2. The molecule has 1 aromatic heterocycles. The van der Waals surface area contributed by atoms with E-state index in [2.05, 4.69) is 22.0 Å². The molecule has 1 aliphatic rings. The minimum atomic E-state index is -0.607. The molecule has 1 saturated heterocycles. The lowest BCUT2D eigenvalue weighted by Gasteiger charge is -2.37. The van der Waals surface area contributed by atoms with E-state index in [1.54, 1.807) is 0 Å². The molecule has 2 aromatic rings. The van der Waals surface area contributed by atoms with Gasteiger partial charge in [-0.2, -0.15) is 0 Å². The summed E-state index contributed by atoms with van der Waals surface area (Å²) < 4.78 is 0. The van der Waals surface area contributed by atoms with E-state index < -0.39 is 5.60 Å². The molecule has 0 spiro atoms. The number of aromatic nitrogens is 1. The molecule has 1 aliphatic heterocycles. The SMILES string of the molecule is Cc1ccc2cc(CN3CCC(C(C)(C)O)CC3)c(=O)[nH]c2c1. The van der Waals surface area contributed by atoms with Gasteiger partial charge in [-0.1, -0.05) is 12.1 Å². The Hall–Kier alpha value is -1.65. The molecule has 0 saturated carbocycles. The Balaban J connectivity index is 1.74. The summed E-state index contributed by atoms with van der Waals surface area (Å²) in [7, 11) is 0. The molecule has 1 aromatic carbocycles. The van der Waals surface area contributed by atoms with Gasteiger partial charge in [0.2, 0.25) is 0 Å². The number of benzene rings is 1. The van der Waals surface area contributed by atoms with Crippen LogP contribution in [0.4, 0.5) is 0 Å². The van der Waals surface area contributed by atoms with Gasteiger partial charge in [0, 0.05) is 17.6 Å². The van der Waals surface area contributed by atoms with Crippen molar-refractivity contribution in [2.24, 2.45) is 5.92 Å². The molecular formula is C19H26N2O2. The van der Waals surface area contributed by atoms with E-state index in [0.717, 1.165) is 48.0 Å². The summed E-state index contributed by atoms with van der Waals surface area (Å²) in [5.41, 5.74) is 2.27. The van der Waals surface area contributed by atoms with E-state index in [0.29, 0.717) is 12.5 Å². The lowest BCUT2D eigenvalue weighted by Crippen LogP contribution is -2.42. The second-order valence-corrected chi connectivity index (χ2v) is 7.42. The number of fused-ring (bicyclic) bond motifs is 1. The largest absolute Gasteiger partial charge is 0.390 e. The number of nitrogens with one attached hydrogen (secondary N) is 1. The normalized spacial score (nSPS) is 17.7. The summed E-state index contributed by atoms with van der Waals surface area (Å²) in [6.45, 7) is 8.35. The number of H-pyrrole nitrogens is 1. The van der Waals surface area contributed by atoms with E-state index in [1.165, 1.54) is 0 Å². The van der Waals surface area contributed by atoms with Gasteiger partial charge >= 0.3 is 0 Å². The molecule has 4 heteroatoms. The first kappa shape index (κ1) is 16.2. The molecule has 0 aliphatic carbocycles. The lowest BCUT2D eigenvalue weighted by molar-refractivity contribution is -0.0136. The van der Waals surface area contributed by atoms with Gasteiger partial charge in [0.1, 0.15) is 0 Å². The second-order valence-electron chi connectivity index (χ2n) is 7.42. The molecule has 0 radical (unpaired) electrons. The van der Waals surface area contributed by atoms with Crippen LogP contribution in [0.3, 0.4) is 0 Å². The second kappa shape index (κ2) is 6.10. The first-order valence-electron chi connectivity index (χ1n) is 8.40. The zero-order chi connectivity index (χ0) is 16.6. The fourth-order valence-electron chi connectivity index (χ4n) is 3.52. The minimum absolute atomic E-state index is 0.00714. The molecule has 2 N–H and O–H groups in total. The third-order valence-electron chi connectivity index (χ3n) is 5.06. The molecule has 0 atom stereocenters. The van der Waals surface area contributed by atoms with Gasteiger partial charge in [-0.05, 0) is 75.7 Å². The van der Waals surface area contributed by atoms with E-state index in [-0.39, 0.29) is 5.56 Å². The van der Waals surface area contributed by atoms with Crippen LogP contribution in [0, 0.1) is 12.8 Å².